The lowest BCUT2D eigenvalue weighted by atomic mass is 10.1. The monoisotopic (exact) mass is 196 g/mol. The average molecular weight is 196 g/mol. The minimum absolute atomic E-state index is 0.726. The van der Waals surface area contributed by atoms with Crippen LogP contribution in [0.5, 0.6) is 0 Å². The summed E-state index contributed by atoms with van der Waals surface area (Å²) in [4.78, 5) is 2.76. The fourth-order valence-corrected chi connectivity index (χ4v) is 3.05. The smallest absolute Gasteiger partial charge is 0.0104 e. The Morgan fingerprint density at radius 1 is 1.14 bits per heavy atom. The second-order valence-corrected chi connectivity index (χ2v) is 5.34. The molecule has 2 aliphatic carbocycles. The second-order valence-electron chi connectivity index (χ2n) is 5.34. The summed E-state index contributed by atoms with van der Waals surface area (Å²) < 4.78 is 0. The third-order valence-electron chi connectivity index (χ3n) is 3.83. The molecule has 2 fully saturated rings. The van der Waals surface area contributed by atoms with Crippen LogP contribution in [0.2, 0.25) is 0 Å². The molecule has 14 heavy (non-hydrogen) atoms. The molecule has 0 aliphatic heterocycles. The molecular formula is C12H24N2. The minimum atomic E-state index is 0.726. The maximum absolute atomic E-state index is 5.75. The van der Waals surface area contributed by atoms with E-state index in [9.17, 15) is 0 Å². The molecular weight excluding hydrogens is 172 g/mol. The molecule has 2 heteroatoms. The highest BCUT2D eigenvalue weighted by atomic mass is 15.2. The van der Waals surface area contributed by atoms with Crippen LogP contribution in [-0.2, 0) is 0 Å². The third kappa shape index (κ3) is 2.12. The molecule has 2 unspecified atom stereocenters. The Kier molecular flexibility index (Phi) is 3.13. The summed E-state index contributed by atoms with van der Waals surface area (Å²) in [7, 11) is 0. The van der Waals surface area contributed by atoms with Gasteiger partial charge in [0.25, 0.3) is 0 Å². The zero-order valence-electron chi connectivity index (χ0n) is 9.58. The molecule has 0 aromatic heterocycles. The standard InChI is InChI=1S/C12H24N2/c1-9(2)14(11-5-6-11)12-4-3-10(7-12)8-13/h9-12H,3-8,13H2,1-2H3. The lowest BCUT2D eigenvalue weighted by Crippen LogP contribution is -2.41. The van der Waals surface area contributed by atoms with E-state index in [0.29, 0.717) is 0 Å². The quantitative estimate of drug-likeness (QED) is 0.745. The van der Waals surface area contributed by atoms with Crippen molar-refractivity contribution < 1.29 is 0 Å². The summed E-state index contributed by atoms with van der Waals surface area (Å²) in [6, 6.07) is 2.48. The van der Waals surface area contributed by atoms with Crippen LogP contribution >= 0.6 is 0 Å². The lowest BCUT2D eigenvalue weighted by molar-refractivity contribution is 0.142. The fourth-order valence-electron chi connectivity index (χ4n) is 3.05. The normalized spacial score (nSPS) is 33.2. The van der Waals surface area contributed by atoms with Crippen LogP contribution in [0.25, 0.3) is 0 Å². The van der Waals surface area contributed by atoms with Crippen molar-refractivity contribution >= 4 is 0 Å². The first-order valence-electron chi connectivity index (χ1n) is 6.20. The molecule has 0 heterocycles. The molecule has 2 rings (SSSR count). The van der Waals surface area contributed by atoms with Crippen molar-refractivity contribution in [3.63, 3.8) is 0 Å². The first-order chi connectivity index (χ1) is 6.72. The van der Waals surface area contributed by atoms with Gasteiger partial charge in [-0.3, -0.25) is 4.90 Å². The Labute approximate surface area is 87.8 Å². The highest BCUT2D eigenvalue weighted by Gasteiger charge is 2.38. The van der Waals surface area contributed by atoms with Gasteiger partial charge in [-0.05, 0) is 58.4 Å². The first-order valence-corrected chi connectivity index (χ1v) is 6.20. The van der Waals surface area contributed by atoms with Gasteiger partial charge in [-0.15, -0.1) is 0 Å². The number of nitrogens with two attached hydrogens (primary N) is 1. The van der Waals surface area contributed by atoms with E-state index in [1.165, 1.54) is 32.1 Å². The number of rotatable bonds is 4. The van der Waals surface area contributed by atoms with Gasteiger partial charge in [-0.1, -0.05) is 0 Å². The molecule has 2 nitrogen and oxygen atoms in total. The van der Waals surface area contributed by atoms with Crippen LogP contribution in [0, 0.1) is 5.92 Å². The summed E-state index contributed by atoms with van der Waals surface area (Å²) in [6.07, 6.45) is 6.96. The molecule has 0 aromatic carbocycles. The van der Waals surface area contributed by atoms with E-state index in [1.807, 2.05) is 0 Å². The summed E-state index contributed by atoms with van der Waals surface area (Å²) in [6.45, 7) is 5.58. The van der Waals surface area contributed by atoms with Gasteiger partial charge in [-0.25, -0.2) is 0 Å². The second kappa shape index (κ2) is 4.19. The maximum Gasteiger partial charge on any atom is 0.0104 e. The Morgan fingerprint density at radius 2 is 1.79 bits per heavy atom. The Morgan fingerprint density at radius 3 is 2.21 bits per heavy atom. The Bertz CT molecular complexity index is 185. The van der Waals surface area contributed by atoms with Crippen LogP contribution in [0.1, 0.15) is 46.0 Å². The molecule has 0 saturated heterocycles. The van der Waals surface area contributed by atoms with Crippen LogP contribution < -0.4 is 5.73 Å². The molecule has 0 spiro atoms. The van der Waals surface area contributed by atoms with Crippen molar-refractivity contribution in [2.24, 2.45) is 11.7 Å². The van der Waals surface area contributed by atoms with Gasteiger partial charge >= 0.3 is 0 Å². The molecule has 0 aromatic rings. The van der Waals surface area contributed by atoms with Crippen molar-refractivity contribution in [2.75, 3.05) is 6.54 Å². The molecule has 2 atom stereocenters. The van der Waals surface area contributed by atoms with Crippen LogP contribution in [0.15, 0.2) is 0 Å². The summed E-state index contributed by atoms with van der Waals surface area (Å²) in [5, 5.41) is 0. The largest absolute Gasteiger partial charge is 0.330 e. The number of nitrogens with zero attached hydrogens (tertiary/aromatic N) is 1. The molecule has 0 bridgehead atoms. The number of hydrogen-bond donors (Lipinski definition) is 1. The van der Waals surface area contributed by atoms with Gasteiger partial charge in [0.05, 0.1) is 0 Å². The molecule has 2 saturated carbocycles. The van der Waals surface area contributed by atoms with E-state index in [1.54, 1.807) is 0 Å². The minimum Gasteiger partial charge on any atom is -0.330 e. The van der Waals surface area contributed by atoms with E-state index in [-0.39, 0.29) is 0 Å². The maximum atomic E-state index is 5.75. The van der Waals surface area contributed by atoms with Gasteiger partial charge in [0.2, 0.25) is 0 Å². The van der Waals surface area contributed by atoms with Gasteiger partial charge in [-0.2, -0.15) is 0 Å². The Hall–Kier alpha value is -0.0800. The van der Waals surface area contributed by atoms with Crippen molar-refractivity contribution in [3.05, 3.63) is 0 Å². The zero-order chi connectivity index (χ0) is 10.1. The van der Waals surface area contributed by atoms with E-state index in [2.05, 4.69) is 18.7 Å². The zero-order valence-corrected chi connectivity index (χ0v) is 9.58. The van der Waals surface area contributed by atoms with Gasteiger partial charge < -0.3 is 5.73 Å². The third-order valence-corrected chi connectivity index (χ3v) is 3.83. The molecule has 2 N–H and O–H groups in total. The fraction of sp³-hybridized carbons (Fsp3) is 1.00. The van der Waals surface area contributed by atoms with Gasteiger partial charge in [0.1, 0.15) is 0 Å². The SMILES string of the molecule is CC(C)N(C1CC1)C1CCC(CN)C1. The predicted octanol–water partition coefficient (Wildman–Crippen LogP) is 1.99. The van der Waals surface area contributed by atoms with E-state index in [4.69, 9.17) is 5.73 Å². The van der Waals surface area contributed by atoms with Gasteiger partial charge in [0, 0.05) is 18.1 Å². The predicted molar refractivity (Wildman–Crippen MR) is 60.2 cm³/mol. The Balaban J connectivity index is 1.91. The average Bonchev–Trinajstić information content (AvgIpc) is 2.83. The summed E-state index contributed by atoms with van der Waals surface area (Å²) >= 11 is 0. The molecule has 2 aliphatic rings. The van der Waals surface area contributed by atoms with Crippen molar-refractivity contribution in [3.8, 4) is 0 Å². The van der Waals surface area contributed by atoms with Gasteiger partial charge in [0.15, 0.2) is 0 Å². The highest BCUT2D eigenvalue weighted by Crippen LogP contribution is 2.37. The summed E-state index contributed by atoms with van der Waals surface area (Å²) in [5.74, 6) is 0.806. The van der Waals surface area contributed by atoms with Crippen LogP contribution in [0.4, 0.5) is 0 Å². The van der Waals surface area contributed by atoms with Crippen LogP contribution in [0.3, 0.4) is 0 Å². The highest BCUT2D eigenvalue weighted by molar-refractivity contribution is 4.93. The summed E-state index contributed by atoms with van der Waals surface area (Å²) in [5.41, 5.74) is 5.75. The van der Waals surface area contributed by atoms with Crippen molar-refractivity contribution in [2.45, 2.75) is 64.1 Å². The first kappa shape index (κ1) is 10.4. The van der Waals surface area contributed by atoms with Crippen molar-refractivity contribution in [1.29, 1.82) is 0 Å². The molecule has 0 radical (unpaired) electrons. The van der Waals surface area contributed by atoms with E-state index < -0.39 is 0 Å². The molecule has 82 valence electrons. The van der Waals surface area contributed by atoms with E-state index in [0.717, 1.165) is 30.6 Å². The molecule has 0 amide bonds. The topological polar surface area (TPSA) is 29.3 Å². The lowest BCUT2D eigenvalue weighted by Gasteiger charge is -2.32. The van der Waals surface area contributed by atoms with E-state index >= 15 is 0 Å². The van der Waals surface area contributed by atoms with Crippen molar-refractivity contribution in [1.82, 2.24) is 4.90 Å². The number of hydrogen-bond acceptors (Lipinski definition) is 2. The van der Waals surface area contributed by atoms with Crippen LogP contribution in [-0.4, -0.2) is 29.6 Å².